The van der Waals surface area contributed by atoms with Crippen molar-refractivity contribution in [3.63, 3.8) is 0 Å². The fourth-order valence-corrected chi connectivity index (χ4v) is 2.24. The van der Waals surface area contributed by atoms with Crippen LogP contribution in [0.15, 0.2) is 18.2 Å². The third-order valence-corrected chi connectivity index (χ3v) is 3.76. The van der Waals surface area contributed by atoms with Gasteiger partial charge in [-0.05, 0) is 55.3 Å². The summed E-state index contributed by atoms with van der Waals surface area (Å²) in [6.45, 7) is 7.37. The van der Waals surface area contributed by atoms with Crippen LogP contribution in [0.2, 0.25) is 0 Å². The SMILES string of the molecule is Cc1ccc(C(C)C)cc1C(O)CCNC1CC1. The molecule has 1 saturated carbocycles. The molecule has 1 aromatic carbocycles. The lowest BCUT2D eigenvalue weighted by Crippen LogP contribution is -2.19. The van der Waals surface area contributed by atoms with Crippen molar-refractivity contribution in [3.05, 3.63) is 34.9 Å². The van der Waals surface area contributed by atoms with Crippen molar-refractivity contribution in [2.24, 2.45) is 0 Å². The molecule has 0 radical (unpaired) electrons. The van der Waals surface area contributed by atoms with E-state index in [1.807, 2.05) is 0 Å². The second-order valence-electron chi connectivity index (χ2n) is 5.80. The predicted molar refractivity (Wildman–Crippen MR) is 75.9 cm³/mol. The first-order chi connectivity index (χ1) is 8.58. The summed E-state index contributed by atoms with van der Waals surface area (Å²) in [5.74, 6) is 0.515. The third kappa shape index (κ3) is 3.56. The van der Waals surface area contributed by atoms with E-state index < -0.39 is 0 Å². The van der Waals surface area contributed by atoms with E-state index in [-0.39, 0.29) is 6.10 Å². The summed E-state index contributed by atoms with van der Waals surface area (Å²) in [4.78, 5) is 0. The van der Waals surface area contributed by atoms with Gasteiger partial charge >= 0.3 is 0 Å². The number of aliphatic hydroxyl groups is 1. The topological polar surface area (TPSA) is 32.3 Å². The van der Waals surface area contributed by atoms with Crippen LogP contribution < -0.4 is 5.32 Å². The van der Waals surface area contributed by atoms with Crippen LogP contribution in [-0.2, 0) is 0 Å². The number of nitrogens with one attached hydrogen (secondary N) is 1. The van der Waals surface area contributed by atoms with Crippen LogP contribution >= 0.6 is 0 Å². The Kier molecular flexibility index (Phi) is 4.41. The summed E-state index contributed by atoms with van der Waals surface area (Å²) in [6, 6.07) is 7.18. The van der Waals surface area contributed by atoms with Crippen LogP contribution in [-0.4, -0.2) is 17.7 Å². The van der Waals surface area contributed by atoms with E-state index in [9.17, 15) is 5.11 Å². The fraction of sp³-hybridized carbons (Fsp3) is 0.625. The minimum absolute atomic E-state index is 0.338. The zero-order chi connectivity index (χ0) is 13.1. The van der Waals surface area contributed by atoms with Crippen LogP contribution in [0.25, 0.3) is 0 Å². The smallest absolute Gasteiger partial charge is 0.0804 e. The fourth-order valence-electron chi connectivity index (χ4n) is 2.24. The van der Waals surface area contributed by atoms with Crippen molar-refractivity contribution in [3.8, 4) is 0 Å². The van der Waals surface area contributed by atoms with Gasteiger partial charge in [-0.25, -0.2) is 0 Å². The molecule has 2 N–H and O–H groups in total. The second kappa shape index (κ2) is 5.85. The number of hydrogen-bond donors (Lipinski definition) is 2. The van der Waals surface area contributed by atoms with Crippen molar-refractivity contribution in [1.29, 1.82) is 0 Å². The molecule has 2 nitrogen and oxygen atoms in total. The van der Waals surface area contributed by atoms with E-state index in [0.717, 1.165) is 24.6 Å². The quantitative estimate of drug-likeness (QED) is 0.808. The van der Waals surface area contributed by atoms with Gasteiger partial charge in [0.2, 0.25) is 0 Å². The summed E-state index contributed by atoms with van der Waals surface area (Å²) in [7, 11) is 0. The average molecular weight is 247 g/mol. The summed E-state index contributed by atoms with van der Waals surface area (Å²) in [6.07, 6.45) is 3.07. The predicted octanol–water partition coefficient (Wildman–Crippen LogP) is 3.29. The Hall–Kier alpha value is -0.860. The van der Waals surface area contributed by atoms with Crippen LogP contribution in [0.3, 0.4) is 0 Å². The monoisotopic (exact) mass is 247 g/mol. The average Bonchev–Trinajstić information content (AvgIpc) is 3.13. The molecule has 1 fully saturated rings. The summed E-state index contributed by atoms with van der Waals surface area (Å²) in [5, 5.41) is 13.8. The van der Waals surface area contributed by atoms with E-state index in [4.69, 9.17) is 0 Å². The molecule has 0 aliphatic heterocycles. The Labute approximate surface area is 110 Å². The van der Waals surface area contributed by atoms with Crippen molar-refractivity contribution >= 4 is 0 Å². The molecule has 18 heavy (non-hydrogen) atoms. The van der Waals surface area contributed by atoms with Crippen LogP contribution in [0, 0.1) is 6.92 Å². The molecule has 100 valence electrons. The molecule has 0 saturated heterocycles. The van der Waals surface area contributed by atoms with E-state index in [2.05, 4.69) is 44.3 Å². The molecule has 1 aliphatic carbocycles. The Morgan fingerprint density at radius 2 is 2.06 bits per heavy atom. The number of benzene rings is 1. The molecular formula is C16H25NO. The van der Waals surface area contributed by atoms with E-state index >= 15 is 0 Å². The lowest BCUT2D eigenvalue weighted by atomic mass is 9.94. The molecule has 1 atom stereocenters. The van der Waals surface area contributed by atoms with Gasteiger partial charge in [0.1, 0.15) is 0 Å². The van der Waals surface area contributed by atoms with E-state index in [0.29, 0.717) is 5.92 Å². The van der Waals surface area contributed by atoms with E-state index in [1.54, 1.807) is 0 Å². The lowest BCUT2D eigenvalue weighted by molar-refractivity contribution is 0.166. The zero-order valence-electron chi connectivity index (χ0n) is 11.7. The minimum Gasteiger partial charge on any atom is -0.388 e. The highest BCUT2D eigenvalue weighted by molar-refractivity contribution is 5.34. The number of aliphatic hydroxyl groups excluding tert-OH is 1. The maximum Gasteiger partial charge on any atom is 0.0804 e. The normalized spacial score (nSPS) is 17.2. The van der Waals surface area contributed by atoms with Crippen molar-refractivity contribution in [2.45, 2.75) is 58.1 Å². The summed E-state index contributed by atoms with van der Waals surface area (Å²) in [5.41, 5.74) is 3.60. The number of aryl methyl sites for hydroxylation is 1. The third-order valence-electron chi connectivity index (χ3n) is 3.76. The second-order valence-corrected chi connectivity index (χ2v) is 5.80. The van der Waals surface area contributed by atoms with Crippen molar-refractivity contribution < 1.29 is 5.11 Å². The molecular weight excluding hydrogens is 222 g/mol. The van der Waals surface area contributed by atoms with Gasteiger partial charge in [-0.15, -0.1) is 0 Å². The molecule has 0 aromatic heterocycles. The molecule has 1 aliphatic rings. The van der Waals surface area contributed by atoms with Crippen molar-refractivity contribution in [2.75, 3.05) is 6.54 Å². The van der Waals surface area contributed by atoms with Gasteiger partial charge in [0.05, 0.1) is 6.10 Å². The Bertz CT molecular complexity index is 396. The molecule has 1 unspecified atom stereocenters. The highest BCUT2D eigenvalue weighted by atomic mass is 16.3. The van der Waals surface area contributed by atoms with Gasteiger partial charge < -0.3 is 10.4 Å². The van der Waals surface area contributed by atoms with Crippen LogP contribution in [0.1, 0.15) is 61.8 Å². The standard InChI is InChI=1S/C16H25NO/c1-11(2)13-5-4-12(3)15(10-13)16(18)8-9-17-14-6-7-14/h4-5,10-11,14,16-18H,6-9H2,1-3H3. The van der Waals surface area contributed by atoms with Gasteiger partial charge in [0, 0.05) is 6.04 Å². The van der Waals surface area contributed by atoms with Gasteiger partial charge in [0.25, 0.3) is 0 Å². The number of rotatable bonds is 6. The highest BCUT2D eigenvalue weighted by Gasteiger charge is 2.20. The summed E-state index contributed by atoms with van der Waals surface area (Å²) < 4.78 is 0. The maximum absolute atomic E-state index is 10.3. The molecule has 2 heteroatoms. The minimum atomic E-state index is -0.338. The Balaban J connectivity index is 1.97. The van der Waals surface area contributed by atoms with Gasteiger partial charge in [-0.1, -0.05) is 32.0 Å². The number of hydrogen-bond acceptors (Lipinski definition) is 2. The molecule has 1 aromatic rings. The summed E-state index contributed by atoms with van der Waals surface area (Å²) >= 11 is 0. The zero-order valence-corrected chi connectivity index (χ0v) is 11.7. The van der Waals surface area contributed by atoms with Gasteiger partial charge in [-0.2, -0.15) is 0 Å². The lowest BCUT2D eigenvalue weighted by Gasteiger charge is -2.17. The first-order valence-electron chi connectivity index (χ1n) is 7.10. The first-order valence-corrected chi connectivity index (χ1v) is 7.10. The molecule has 0 bridgehead atoms. The molecule has 0 heterocycles. The molecule has 2 rings (SSSR count). The molecule has 0 amide bonds. The van der Waals surface area contributed by atoms with Gasteiger partial charge in [0.15, 0.2) is 0 Å². The first kappa shape index (κ1) is 13.6. The molecule has 0 spiro atoms. The highest BCUT2D eigenvalue weighted by Crippen LogP contribution is 2.25. The van der Waals surface area contributed by atoms with Crippen LogP contribution in [0.4, 0.5) is 0 Å². The van der Waals surface area contributed by atoms with Gasteiger partial charge in [-0.3, -0.25) is 0 Å². The van der Waals surface area contributed by atoms with Crippen LogP contribution in [0.5, 0.6) is 0 Å². The Morgan fingerprint density at radius 3 is 2.67 bits per heavy atom. The Morgan fingerprint density at radius 1 is 1.33 bits per heavy atom. The maximum atomic E-state index is 10.3. The largest absolute Gasteiger partial charge is 0.388 e. The van der Waals surface area contributed by atoms with E-state index in [1.165, 1.54) is 24.0 Å². The van der Waals surface area contributed by atoms with Crippen molar-refractivity contribution in [1.82, 2.24) is 5.32 Å².